The number of thioether (sulfide) groups is 1. The average molecular weight is 638 g/mol. The quantitative estimate of drug-likeness (QED) is 0.145. The van der Waals surface area contributed by atoms with Gasteiger partial charge in [-0.05, 0) is 44.2 Å². The molecule has 1 aliphatic heterocycles. The molecule has 1 aliphatic rings. The molecule has 238 valence electrons. The SMILES string of the molecule is CC(=O)Nc1ccc(N2C(=O)N(CCOCCOCCSCCCC(F)(F)C(F)(F)F)C(C)(C)C2=O)cc1C(F)(F)F. The number of hydrogen-bond acceptors (Lipinski definition) is 6. The van der Waals surface area contributed by atoms with Gasteiger partial charge in [0.1, 0.15) is 5.54 Å². The number of hydrogen-bond donors (Lipinski definition) is 1. The van der Waals surface area contributed by atoms with E-state index in [1.54, 1.807) is 0 Å². The van der Waals surface area contributed by atoms with Crippen molar-refractivity contribution in [1.29, 1.82) is 0 Å². The molecule has 0 aliphatic carbocycles. The van der Waals surface area contributed by atoms with Crippen molar-refractivity contribution in [3.63, 3.8) is 0 Å². The molecule has 0 saturated carbocycles. The van der Waals surface area contributed by atoms with Gasteiger partial charge in [-0.3, -0.25) is 9.59 Å². The number of urea groups is 1. The van der Waals surface area contributed by atoms with E-state index >= 15 is 0 Å². The van der Waals surface area contributed by atoms with E-state index in [0.29, 0.717) is 16.7 Å². The van der Waals surface area contributed by atoms with Crippen LogP contribution < -0.4 is 10.2 Å². The van der Waals surface area contributed by atoms with Gasteiger partial charge in [-0.15, -0.1) is 0 Å². The van der Waals surface area contributed by atoms with Gasteiger partial charge in [0.05, 0.1) is 43.4 Å². The molecule has 1 fully saturated rings. The molecule has 0 unspecified atom stereocenters. The molecule has 0 atom stereocenters. The predicted molar refractivity (Wildman–Crippen MR) is 139 cm³/mol. The zero-order valence-corrected chi connectivity index (χ0v) is 23.8. The van der Waals surface area contributed by atoms with Crippen molar-refractivity contribution in [3.05, 3.63) is 23.8 Å². The summed E-state index contributed by atoms with van der Waals surface area (Å²) in [5.41, 5.74) is -3.46. The molecule has 42 heavy (non-hydrogen) atoms. The van der Waals surface area contributed by atoms with Crippen molar-refractivity contribution in [2.45, 2.75) is 57.4 Å². The third kappa shape index (κ3) is 9.17. The molecule has 0 radical (unpaired) electrons. The van der Waals surface area contributed by atoms with Crippen LogP contribution >= 0.6 is 11.8 Å². The number of carbonyl (C=O) groups is 3. The molecule has 4 amide bonds. The number of nitrogens with one attached hydrogen (secondary N) is 1. The number of imide groups is 1. The first-order chi connectivity index (χ1) is 19.3. The summed E-state index contributed by atoms with van der Waals surface area (Å²) in [5, 5.41) is 2.07. The Balaban J connectivity index is 1.80. The van der Waals surface area contributed by atoms with Crippen molar-refractivity contribution >= 4 is 41.0 Å². The number of halogens is 8. The van der Waals surface area contributed by atoms with Crippen LogP contribution in [0, 0.1) is 0 Å². The highest BCUT2D eigenvalue weighted by atomic mass is 32.2. The normalized spacial score (nSPS) is 16.0. The number of rotatable bonds is 15. The summed E-state index contributed by atoms with van der Waals surface area (Å²) in [6, 6.07) is 1.85. The summed E-state index contributed by atoms with van der Waals surface area (Å²) >= 11 is 1.17. The van der Waals surface area contributed by atoms with Gasteiger partial charge >= 0.3 is 24.3 Å². The Hall–Kier alpha value is -2.66. The molecule has 1 aromatic carbocycles. The Bertz CT molecular complexity index is 1110. The third-order valence-corrected chi connectivity index (χ3v) is 7.13. The lowest BCUT2D eigenvalue weighted by molar-refractivity contribution is -0.284. The Morgan fingerprint density at radius 2 is 1.57 bits per heavy atom. The Morgan fingerprint density at radius 1 is 0.952 bits per heavy atom. The Kier molecular flexibility index (Phi) is 12.0. The molecule has 0 aromatic heterocycles. The lowest BCUT2D eigenvalue weighted by atomic mass is 10.0. The number of benzene rings is 1. The van der Waals surface area contributed by atoms with Crippen LogP contribution in [0.5, 0.6) is 0 Å². The first-order valence-electron chi connectivity index (χ1n) is 12.6. The zero-order valence-electron chi connectivity index (χ0n) is 23.0. The molecule has 2 rings (SSSR count). The first kappa shape index (κ1) is 35.5. The summed E-state index contributed by atoms with van der Waals surface area (Å²) in [6.45, 7) is 4.23. The van der Waals surface area contributed by atoms with E-state index in [0.717, 1.165) is 24.0 Å². The van der Waals surface area contributed by atoms with E-state index in [1.165, 1.54) is 25.6 Å². The first-order valence-corrected chi connectivity index (χ1v) is 13.8. The van der Waals surface area contributed by atoms with Crippen LogP contribution in [0.2, 0.25) is 0 Å². The second kappa shape index (κ2) is 14.2. The maximum Gasteiger partial charge on any atom is 0.453 e. The van der Waals surface area contributed by atoms with Crippen LogP contribution in [0.3, 0.4) is 0 Å². The largest absolute Gasteiger partial charge is 0.453 e. The summed E-state index contributed by atoms with van der Waals surface area (Å²) < 4.78 is 114. The van der Waals surface area contributed by atoms with Crippen LogP contribution in [0.4, 0.5) is 51.3 Å². The van der Waals surface area contributed by atoms with Crippen LogP contribution in [0.25, 0.3) is 0 Å². The predicted octanol–water partition coefficient (Wildman–Crippen LogP) is 5.96. The molecule has 17 heteroatoms. The van der Waals surface area contributed by atoms with Crippen molar-refractivity contribution in [2.24, 2.45) is 0 Å². The average Bonchev–Trinajstić information content (AvgIpc) is 3.02. The summed E-state index contributed by atoms with van der Waals surface area (Å²) in [7, 11) is 0. The molecule has 1 aromatic rings. The molecule has 1 N–H and O–H groups in total. The number of carbonyl (C=O) groups excluding carboxylic acids is 3. The van der Waals surface area contributed by atoms with Crippen molar-refractivity contribution in [1.82, 2.24) is 4.90 Å². The van der Waals surface area contributed by atoms with E-state index in [2.05, 4.69) is 5.32 Å². The second-order valence-electron chi connectivity index (χ2n) is 9.69. The molecule has 0 spiro atoms. The number of amides is 4. The summed E-state index contributed by atoms with van der Waals surface area (Å²) in [4.78, 5) is 39.2. The van der Waals surface area contributed by atoms with Crippen LogP contribution in [-0.4, -0.2) is 84.9 Å². The minimum atomic E-state index is -5.56. The fourth-order valence-electron chi connectivity index (χ4n) is 3.88. The van der Waals surface area contributed by atoms with E-state index < -0.39 is 59.3 Å². The number of ether oxygens (including phenoxy) is 2. The number of alkyl halides is 8. The number of anilines is 2. The van der Waals surface area contributed by atoms with Gasteiger partial charge in [0.25, 0.3) is 5.91 Å². The van der Waals surface area contributed by atoms with Crippen LogP contribution in [0.1, 0.15) is 39.2 Å². The van der Waals surface area contributed by atoms with Crippen LogP contribution in [-0.2, 0) is 25.2 Å². The highest BCUT2D eigenvalue weighted by Crippen LogP contribution is 2.40. The molecule has 0 bridgehead atoms. The van der Waals surface area contributed by atoms with Gasteiger partial charge in [-0.25, -0.2) is 9.69 Å². The summed E-state index contributed by atoms with van der Waals surface area (Å²) in [6.07, 6.45) is -12.0. The minimum absolute atomic E-state index is 0.0307. The zero-order chi connectivity index (χ0) is 31.9. The van der Waals surface area contributed by atoms with Gasteiger partial charge in [0.2, 0.25) is 5.91 Å². The van der Waals surface area contributed by atoms with E-state index in [-0.39, 0.29) is 50.8 Å². The minimum Gasteiger partial charge on any atom is -0.378 e. The smallest absolute Gasteiger partial charge is 0.378 e. The van der Waals surface area contributed by atoms with Crippen molar-refractivity contribution in [2.75, 3.05) is 54.7 Å². The van der Waals surface area contributed by atoms with Crippen molar-refractivity contribution in [3.8, 4) is 0 Å². The van der Waals surface area contributed by atoms with Gasteiger partial charge < -0.3 is 19.7 Å². The third-order valence-electron chi connectivity index (χ3n) is 6.10. The van der Waals surface area contributed by atoms with E-state index in [4.69, 9.17) is 9.47 Å². The molecular weight excluding hydrogens is 606 g/mol. The number of nitrogens with zero attached hydrogens (tertiary/aromatic N) is 2. The monoisotopic (exact) mass is 637 g/mol. The molecule has 1 saturated heterocycles. The van der Waals surface area contributed by atoms with Crippen molar-refractivity contribution < 1.29 is 59.0 Å². The van der Waals surface area contributed by atoms with Gasteiger partial charge in [0.15, 0.2) is 0 Å². The maximum absolute atomic E-state index is 13.6. The van der Waals surface area contributed by atoms with Crippen LogP contribution in [0.15, 0.2) is 18.2 Å². The highest BCUT2D eigenvalue weighted by molar-refractivity contribution is 7.99. The fourth-order valence-corrected chi connectivity index (χ4v) is 4.67. The maximum atomic E-state index is 13.6. The summed E-state index contributed by atoms with van der Waals surface area (Å²) in [5.74, 6) is -5.72. The second-order valence-corrected chi connectivity index (χ2v) is 10.9. The molecule has 1 heterocycles. The highest BCUT2D eigenvalue weighted by Gasteiger charge is 2.56. The fraction of sp³-hybridized carbons (Fsp3) is 0.640. The van der Waals surface area contributed by atoms with Gasteiger partial charge in [-0.2, -0.15) is 46.9 Å². The molecular formula is C25H31F8N3O5S. The van der Waals surface area contributed by atoms with E-state index in [9.17, 15) is 49.5 Å². The lowest BCUT2D eigenvalue weighted by Crippen LogP contribution is -2.45. The Morgan fingerprint density at radius 3 is 2.14 bits per heavy atom. The van der Waals surface area contributed by atoms with E-state index in [1.807, 2.05) is 0 Å². The lowest BCUT2D eigenvalue weighted by Gasteiger charge is -2.27. The topological polar surface area (TPSA) is 88.2 Å². The van der Waals surface area contributed by atoms with Gasteiger partial charge in [0, 0.05) is 25.6 Å². The molecule has 8 nitrogen and oxygen atoms in total. The Labute approximate surface area is 241 Å². The van der Waals surface area contributed by atoms with Gasteiger partial charge in [-0.1, -0.05) is 0 Å². The standard InChI is InChI=1S/C25H31F8N3O5S/c1-16(37)34-19-6-5-17(15-18(19)24(28,29)30)36-20(38)22(2,3)35(21(36)39)8-9-40-10-11-41-12-14-42-13-4-7-23(26,27)25(31,32)33/h5-6,15H,4,7-14H2,1-3H3,(H,34,37).